The van der Waals surface area contributed by atoms with Gasteiger partial charge in [0.1, 0.15) is 0 Å². The fourth-order valence-electron chi connectivity index (χ4n) is 4.04. The Morgan fingerprint density at radius 1 is 1.36 bits per heavy atom. The standard InChI is InChI=1S/C10H11NO3/c1-11-8(12)6-4-2-10(3-5(4)14-10)7(6)9(11)13/h4-7H,2-3H2,1H3. The molecule has 1 spiro atoms. The van der Waals surface area contributed by atoms with Crippen LogP contribution in [0.5, 0.6) is 0 Å². The molecule has 5 fully saturated rings. The summed E-state index contributed by atoms with van der Waals surface area (Å²) in [4.78, 5) is 24.9. The van der Waals surface area contributed by atoms with Crippen molar-refractivity contribution in [2.24, 2.45) is 17.8 Å². The number of nitrogens with zero attached hydrogens (tertiary/aromatic N) is 1. The third kappa shape index (κ3) is 0.489. The molecule has 5 unspecified atom stereocenters. The lowest BCUT2D eigenvalue weighted by atomic mass is 9.73. The molecule has 3 saturated heterocycles. The fourth-order valence-corrected chi connectivity index (χ4v) is 4.04. The van der Waals surface area contributed by atoms with Crippen LogP contribution in [0.4, 0.5) is 0 Å². The maximum absolute atomic E-state index is 11.8. The summed E-state index contributed by atoms with van der Waals surface area (Å²) in [6.07, 6.45) is 2.23. The predicted molar refractivity (Wildman–Crippen MR) is 45.1 cm³/mol. The molecule has 4 nitrogen and oxygen atoms in total. The molecule has 2 amide bonds. The zero-order valence-corrected chi connectivity index (χ0v) is 7.90. The van der Waals surface area contributed by atoms with Gasteiger partial charge in [0.05, 0.1) is 23.5 Å². The van der Waals surface area contributed by atoms with Gasteiger partial charge in [-0.15, -0.1) is 0 Å². The van der Waals surface area contributed by atoms with E-state index in [9.17, 15) is 9.59 Å². The van der Waals surface area contributed by atoms with Crippen LogP contribution in [-0.4, -0.2) is 35.5 Å². The fraction of sp³-hybridized carbons (Fsp3) is 0.800. The van der Waals surface area contributed by atoms with Crippen LogP contribution in [0, 0.1) is 17.8 Å². The SMILES string of the molecule is CN1C(=O)C2C3CC4(CC3O4)C2C1=O. The van der Waals surface area contributed by atoms with Crippen molar-refractivity contribution in [3.8, 4) is 0 Å². The van der Waals surface area contributed by atoms with Gasteiger partial charge in [-0.2, -0.15) is 0 Å². The second kappa shape index (κ2) is 1.76. The van der Waals surface area contributed by atoms with Gasteiger partial charge in [-0.3, -0.25) is 14.5 Å². The van der Waals surface area contributed by atoms with E-state index in [1.54, 1.807) is 7.05 Å². The molecule has 4 heteroatoms. The molecule has 5 aliphatic rings. The number of hydrogen-bond donors (Lipinski definition) is 0. The highest BCUT2D eigenvalue weighted by Crippen LogP contribution is 2.68. The Morgan fingerprint density at radius 2 is 2.07 bits per heavy atom. The van der Waals surface area contributed by atoms with E-state index in [-0.39, 0.29) is 35.4 Å². The van der Waals surface area contributed by atoms with Crippen molar-refractivity contribution in [3.05, 3.63) is 0 Å². The molecular weight excluding hydrogens is 182 g/mol. The summed E-state index contributed by atoms with van der Waals surface area (Å²) in [6, 6.07) is 0. The van der Waals surface area contributed by atoms with Crippen LogP contribution >= 0.6 is 0 Å². The van der Waals surface area contributed by atoms with E-state index >= 15 is 0 Å². The second-order valence-corrected chi connectivity index (χ2v) is 5.03. The lowest BCUT2D eigenvalue weighted by molar-refractivity contribution is -0.217. The minimum Gasteiger partial charge on any atom is -0.370 e. The first-order chi connectivity index (χ1) is 6.64. The van der Waals surface area contributed by atoms with E-state index in [4.69, 9.17) is 4.74 Å². The third-order valence-electron chi connectivity index (χ3n) is 4.59. The van der Waals surface area contributed by atoms with Gasteiger partial charge in [0.15, 0.2) is 0 Å². The van der Waals surface area contributed by atoms with Crippen LogP contribution in [0.25, 0.3) is 0 Å². The van der Waals surface area contributed by atoms with Gasteiger partial charge in [0.25, 0.3) is 0 Å². The molecule has 0 aromatic rings. The Bertz CT molecular complexity index is 372. The van der Waals surface area contributed by atoms with Gasteiger partial charge < -0.3 is 4.74 Å². The van der Waals surface area contributed by atoms with Crippen molar-refractivity contribution in [1.82, 2.24) is 4.90 Å². The van der Waals surface area contributed by atoms with Crippen molar-refractivity contribution in [1.29, 1.82) is 0 Å². The van der Waals surface area contributed by atoms with E-state index in [2.05, 4.69) is 0 Å². The molecule has 3 bridgehead atoms. The zero-order chi connectivity index (χ0) is 9.66. The average Bonchev–Trinajstić information content (AvgIpc) is 2.77. The summed E-state index contributed by atoms with van der Waals surface area (Å²) in [7, 11) is 1.59. The number of likely N-dealkylation sites (tertiary alicyclic amines) is 1. The molecule has 14 heavy (non-hydrogen) atoms. The Morgan fingerprint density at radius 3 is 2.71 bits per heavy atom. The first kappa shape index (κ1) is 7.40. The molecule has 3 aliphatic heterocycles. The highest BCUT2D eigenvalue weighted by atomic mass is 16.5. The molecule has 0 aromatic carbocycles. The number of ether oxygens (including phenoxy) is 1. The lowest BCUT2D eigenvalue weighted by Gasteiger charge is -2.47. The average molecular weight is 193 g/mol. The molecule has 74 valence electrons. The molecule has 0 radical (unpaired) electrons. The summed E-state index contributed by atoms with van der Waals surface area (Å²) >= 11 is 0. The van der Waals surface area contributed by atoms with Crippen LogP contribution in [0.15, 0.2) is 0 Å². The number of hydrogen-bond acceptors (Lipinski definition) is 3. The number of fused-ring (bicyclic) bond motifs is 1. The quantitative estimate of drug-likeness (QED) is 0.500. The molecule has 5 rings (SSSR count). The van der Waals surface area contributed by atoms with E-state index < -0.39 is 0 Å². The predicted octanol–water partition coefficient (Wildman–Crippen LogP) is -0.221. The molecule has 0 N–H and O–H groups in total. The molecule has 5 atom stereocenters. The van der Waals surface area contributed by atoms with E-state index in [1.807, 2.05) is 0 Å². The summed E-state index contributed by atoms with van der Waals surface area (Å²) in [6.45, 7) is 0. The van der Waals surface area contributed by atoms with E-state index in [0.29, 0.717) is 5.92 Å². The summed E-state index contributed by atoms with van der Waals surface area (Å²) < 4.78 is 5.72. The van der Waals surface area contributed by atoms with Crippen LogP contribution in [-0.2, 0) is 14.3 Å². The van der Waals surface area contributed by atoms with E-state index in [0.717, 1.165) is 12.8 Å². The number of amides is 2. The molecule has 2 aliphatic carbocycles. The van der Waals surface area contributed by atoms with Gasteiger partial charge in [-0.25, -0.2) is 0 Å². The molecule has 0 aromatic heterocycles. The minimum atomic E-state index is -0.225. The van der Waals surface area contributed by atoms with Gasteiger partial charge >= 0.3 is 0 Å². The molecule has 2 saturated carbocycles. The van der Waals surface area contributed by atoms with Gasteiger partial charge in [-0.05, 0) is 6.42 Å². The smallest absolute Gasteiger partial charge is 0.235 e. The zero-order valence-electron chi connectivity index (χ0n) is 7.90. The first-order valence-corrected chi connectivity index (χ1v) is 5.13. The second-order valence-electron chi connectivity index (χ2n) is 5.03. The maximum atomic E-state index is 11.8. The maximum Gasteiger partial charge on any atom is 0.235 e. The molecular formula is C10H11NO3. The van der Waals surface area contributed by atoms with Crippen LogP contribution in [0.2, 0.25) is 0 Å². The highest BCUT2D eigenvalue weighted by Gasteiger charge is 2.77. The Labute approximate surface area is 81.2 Å². The monoisotopic (exact) mass is 193 g/mol. The van der Waals surface area contributed by atoms with Gasteiger partial charge in [0.2, 0.25) is 11.8 Å². The van der Waals surface area contributed by atoms with Gasteiger partial charge in [-0.1, -0.05) is 0 Å². The van der Waals surface area contributed by atoms with E-state index in [1.165, 1.54) is 4.90 Å². The normalized spacial score (nSPS) is 57.9. The van der Waals surface area contributed by atoms with Crippen molar-refractivity contribution < 1.29 is 14.3 Å². The highest BCUT2D eigenvalue weighted by molar-refractivity contribution is 6.06. The molecule has 3 heterocycles. The number of rotatable bonds is 0. The summed E-state index contributed by atoms with van der Waals surface area (Å²) in [5, 5.41) is 0. The first-order valence-electron chi connectivity index (χ1n) is 5.13. The minimum absolute atomic E-state index is 0.0133. The third-order valence-corrected chi connectivity index (χ3v) is 4.59. The van der Waals surface area contributed by atoms with Crippen molar-refractivity contribution in [2.45, 2.75) is 24.5 Å². The van der Waals surface area contributed by atoms with Gasteiger partial charge in [0, 0.05) is 19.4 Å². The largest absolute Gasteiger partial charge is 0.370 e. The number of imide groups is 1. The summed E-state index contributed by atoms with van der Waals surface area (Å²) in [5.41, 5.74) is -0.225. The van der Waals surface area contributed by atoms with Crippen molar-refractivity contribution in [3.63, 3.8) is 0 Å². The number of carbonyl (C=O) groups excluding carboxylic acids is 2. The topological polar surface area (TPSA) is 46.6 Å². The van der Waals surface area contributed by atoms with Crippen molar-refractivity contribution in [2.75, 3.05) is 7.05 Å². The van der Waals surface area contributed by atoms with Crippen LogP contribution in [0.1, 0.15) is 12.8 Å². The summed E-state index contributed by atoms with van der Waals surface area (Å²) in [5.74, 6) is 0.164. The number of carbonyl (C=O) groups is 2. The Hall–Kier alpha value is -0.900. The van der Waals surface area contributed by atoms with Crippen molar-refractivity contribution >= 4 is 11.8 Å². The Balaban J connectivity index is 1.88. The Kier molecular flexibility index (Phi) is 0.930. The lowest BCUT2D eigenvalue weighted by Crippen LogP contribution is -2.56. The van der Waals surface area contributed by atoms with Crippen LogP contribution in [0.3, 0.4) is 0 Å². The van der Waals surface area contributed by atoms with Crippen LogP contribution < -0.4 is 0 Å².